The van der Waals surface area contributed by atoms with E-state index in [9.17, 15) is 4.79 Å². The van der Waals surface area contributed by atoms with Gasteiger partial charge in [-0.3, -0.25) is 4.79 Å². The second kappa shape index (κ2) is 22.6. The summed E-state index contributed by atoms with van der Waals surface area (Å²) in [4.78, 5) is 13.5. The Morgan fingerprint density at radius 3 is 1.71 bits per heavy atom. The zero-order valence-electron chi connectivity index (χ0n) is 24.5. The second-order valence-electron chi connectivity index (χ2n) is 12.0. The molecule has 1 rings (SSSR count). The van der Waals surface area contributed by atoms with Crippen LogP contribution in [0, 0.1) is 17.8 Å². The summed E-state index contributed by atoms with van der Waals surface area (Å²) in [5, 5.41) is 0. The molecule has 0 bridgehead atoms. The molecule has 0 N–H and O–H groups in total. The van der Waals surface area contributed by atoms with Crippen molar-refractivity contribution in [2.24, 2.45) is 17.8 Å². The number of nitrogens with zero attached hydrogens (tertiary/aromatic N) is 1. The van der Waals surface area contributed by atoms with E-state index in [1.165, 1.54) is 136 Å². The Balaban J connectivity index is 1.97. The molecule has 3 nitrogen and oxygen atoms in total. The van der Waals surface area contributed by atoms with E-state index in [2.05, 4.69) is 25.9 Å². The van der Waals surface area contributed by atoms with Crippen LogP contribution in [0.3, 0.4) is 0 Å². The van der Waals surface area contributed by atoms with Crippen LogP contribution >= 0.6 is 0 Å². The van der Waals surface area contributed by atoms with Crippen molar-refractivity contribution in [3.63, 3.8) is 0 Å². The maximum absolute atomic E-state index is 11.2. The number of hydrogen-bond acceptors (Lipinski definition) is 3. The van der Waals surface area contributed by atoms with Crippen LogP contribution in [0.4, 0.5) is 0 Å². The number of carbonyl (C=O) groups is 1. The average Bonchev–Trinajstić information content (AvgIpc) is 3.60. The van der Waals surface area contributed by atoms with Gasteiger partial charge in [0, 0.05) is 6.42 Å². The molecule has 35 heavy (non-hydrogen) atoms. The summed E-state index contributed by atoms with van der Waals surface area (Å²) in [5.41, 5.74) is 0. The summed E-state index contributed by atoms with van der Waals surface area (Å²) in [6, 6.07) is 0. The molecule has 0 aliphatic heterocycles. The summed E-state index contributed by atoms with van der Waals surface area (Å²) >= 11 is 0. The number of hydrogen-bond donors (Lipinski definition) is 0. The first kappa shape index (κ1) is 32.5. The number of unbranched alkanes of at least 4 members (excludes halogenated alkanes) is 13. The van der Waals surface area contributed by atoms with Crippen LogP contribution in [0.25, 0.3) is 0 Å². The summed E-state index contributed by atoms with van der Waals surface area (Å²) in [6.45, 7) is 3.53. The van der Waals surface area contributed by atoms with Gasteiger partial charge in [-0.15, -0.1) is 0 Å². The molecular formula is C32H63NO2. The van der Waals surface area contributed by atoms with Gasteiger partial charge in [0.05, 0.1) is 7.11 Å². The van der Waals surface area contributed by atoms with E-state index in [0.717, 1.165) is 30.6 Å². The maximum Gasteiger partial charge on any atom is 0.305 e. The third-order valence-corrected chi connectivity index (χ3v) is 8.39. The molecule has 3 unspecified atom stereocenters. The topological polar surface area (TPSA) is 29.5 Å². The Kier molecular flexibility index (Phi) is 21.0. The fourth-order valence-corrected chi connectivity index (χ4v) is 5.78. The maximum atomic E-state index is 11.2. The fourth-order valence-electron chi connectivity index (χ4n) is 5.78. The van der Waals surface area contributed by atoms with E-state index in [-0.39, 0.29) is 5.97 Å². The quantitative estimate of drug-likeness (QED) is 0.0887. The van der Waals surface area contributed by atoms with Crippen molar-refractivity contribution in [2.45, 2.75) is 155 Å². The van der Waals surface area contributed by atoms with Crippen LogP contribution in [-0.2, 0) is 9.53 Å². The third kappa shape index (κ3) is 20.2. The SMILES string of the molecule is CCCCCCCCC1CC1CCCCCCCC(CCCCCCCC(=O)OC)CCN(C)C. The van der Waals surface area contributed by atoms with Gasteiger partial charge in [0.25, 0.3) is 0 Å². The molecule has 0 aromatic rings. The first-order chi connectivity index (χ1) is 17.1. The number of esters is 1. The smallest absolute Gasteiger partial charge is 0.305 e. The molecule has 1 aliphatic rings. The van der Waals surface area contributed by atoms with E-state index >= 15 is 0 Å². The molecular weight excluding hydrogens is 430 g/mol. The molecule has 0 saturated heterocycles. The van der Waals surface area contributed by atoms with Gasteiger partial charge >= 0.3 is 5.97 Å². The first-order valence-electron chi connectivity index (χ1n) is 15.8. The molecule has 208 valence electrons. The monoisotopic (exact) mass is 493 g/mol. The second-order valence-corrected chi connectivity index (χ2v) is 12.0. The number of ether oxygens (including phenoxy) is 1. The highest BCUT2D eigenvalue weighted by molar-refractivity contribution is 5.68. The highest BCUT2D eigenvalue weighted by atomic mass is 16.5. The largest absolute Gasteiger partial charge is 0.469 e. The molecule has 0 aromatic carbocycles. The minimum absolute atomic E-state index is 0.0611. The van der Waals surface area contributed by atoms with Crippen LogP contribution in [0.15, 0.2) is 0 Å². The van der Waals surface area contributed by atoms with Gasteiger partial charge in [-0.1, -0.05) is 129 Å². The molecule has 3 heteroatoms. The van der Waals surface area contributed by atoms with E-state index in [0.29, 0.717) is 6.42 Å². The van der Waals surface area contributed by atoms with E-state index < -0.39 is 0 Å². The third-order valence-electron chi connectivity index (χ3n) is 8.39. The van der Waals surface area contributed by atoms with Crippen LogP contribution < -0.4 is 0 Å². The van der Waals surface area contributed by atoms with Crippen LogP contribution in [0.2, 0.25) is 0 Å². The molecule has 0 radical (unpaired) electrons. The van der Waals surface area contributed by atoms with Crippen LogP contribution in [0.1, 0.15) is 155 Å². The lowest BCUT2D eigenvalue weighted by molar-refractivity contribution is -0.140. The normalized spacial score (nSPS) is 18.2. The molecule has 0 aromatic heterocycles. The molecule has 1 fully saturated rings. The molecule has 0 amide bonds. The van der Waals surface area contributed by atoms with Crippen molar-refractivity contribution < 1.29 is 9.53 Å². The van der Waals surface area contributed by atoms with Crippen molar-refractivity contribution in [2.75, 3.05) is 27.7 Å². The molecule has 3 atom stereocenters. The lowest BCUT2D eigenvalue weighted by Gasteiger charge is -2.19. The fraction of sp³-hybridized carbons (Fsp3) is 0.969. The van der Waals surface area contributed by atoms with Crippen LogP contribution in [0.5, 0.6) is 0 Å². The summed E-state index contributed by atoms with van der Waals surface area (Å²) < 4.78 is 4.72. The van der Waals surface area contributed by atoms with Crippen molar-refractivity contribution in [3.05, 3.63) is 0 Å². The molecule has 1 aliphatic carbocycles. The van der Waals surface area contributed by atoms with E-state index in [4.69, 9.17) is 4.74 Å². The highest BCUT2D eigenvalue weighted by Gasteiger charge is 2.34. The standard InChI is InChI=1S/C32H63NO2/c1-5-6-7-8-13-18-23-30-28-31(30)24-19-14-9-11-16-21-29(26-27-33(2)3)22-17-12-10-15-20-25-32(34)35-4/h29-31H,5-28H2,1-4H3. The van der Waals surface area contributed by atoms with Gasteiger partial charge in [-0.05, 0) is 57.7 Å². The van der Waals surface area contributed by atoms with Gasteiger partial charge < -0.3 is 9.64 Å². The number of methoxy groups -OCH3 is 1. The van der Waals surface area contributed by atoms with Gasteiger partial charge in [0.15, 0.2) is 0 Å². The predicted octanol–water partition coefficient (Wildman–Crippen LogP) is 9.58. The zero-order chi connectivity index (χ0) is 25.6. The Labute approximate surface area is 220 Å². The number of carbonyl (C=O) groups excluding carboxylic acids is 1. The molecule has 0 heterocycles. The summed E-state index contributed by atoms with van der Waals surface area (Å²) in [6.07, 6.45) is 31.4. The lowest BCUT2D eigenvalue weighted by Crippen LogP contribution is -2.17. The van der Waals surface area contributed by atoms with Gasteiger partial charge in [-0.25, -0.2) is 0 Å². The Morgan fingerprint density at radius 1 is 0.714 bits per heavy atom. The van der Waals surface area contributed by atoms with Crippen molar-refractivity contribution >= 4 is 5.97 Å². The molecule has 1 saturated carbocycles. The summed E-state index contributed by atoms with van der Waals surface area (Å²) in [7, 11) is 5.89. The van der Waals surface area contributed by atoms with Crippen molar-refractivity contribution in [1.82, 2.24) is 4.90 Å². The highest BCUT2D eigenvalue weighted by Crippen LogP contribution is 2.45. The Bertz CT molecular complexity index is 478. The minimum Gasteiger partial charge on any atom is -0.469 e. The van der Waals surface area contributed by atoms with Gasteiger partial charge in [0.1, 0.15) is 0 Å². The summed E-state index contributed by atoms with van der Waals surface area (Å²) in [5.74, 6) is 3.05. The van der Waals surface area contributed by atoms with Crippen molar-refractivity contribution in [1.29, 1.82) is 0 Å². The first-order valence-corrected chi connectivity index (χ1v) is 15.8. The minimum atomic E-state index is -0.0611. The van der Waals surface area contributed by atoms with E-state index in [1.54, 1.807) is 6.42 Å². The van der Waals surface area contributed by atoms with E-state index in [1.807, 2.05) is 0 Å². The zero-order valence-corrected chi connectivity index (χ0v) is 24.5. The average molecular weight is 494 g/mol. The van der Waals surface area contributed by atoms with Crippen molar-refractivity contribution in [3.8, 4) is 0 Å². The van der Waals surface area contributed by atoms with Crippen LogP contribution in [-0.4, -0.2) is 38.6 Å². The Hall–Kier alpha value is -0.570. The lowest BCUT2D eigenvalue weighted by atomic mass is 9.91. The molecule has 0 spiro atoms. The van der Waals surface area contributed by atoms with Gasteiger partial charge in [0.2, 0.25) is 0 Å². The van der Waals surface area contributed by atoms with Gasteiger partial charge in [-0.2, -0.15) is 0 Å². The Morgan fingerprint density at radius 2 is 1.20 bits per heavy atom. The predicted molar refractivity (Wildman–Crippen MR) is 153 cm³/mol. The number of rotatable bonds is 26.